The molecule has 0 heterocycles. The largest absolute Gasteiger partial charge is 0.354 e. The van der Waals surface area contributed by atoms with E-state index in [0.29, 0.717) is 12.0 Å². The van der Waals surface area contributed by atoms with Crippen molar-refractivity contribution in [2.75, 3.05) is 6.54 Å². The van der Waals surface area contributed by atoms with E-state index in [1.54, 1.807) is 0 Å². The topological polar surface area (TPSA) is 41.1 Å². The van der Waals surface area contributed by atoms with Crippen molar-refractivity contribution in [3.63, 3.8) is 0 Å². The third kappa shape index (κ3) is 5.38. The highest BCUT2D eigenvalue weighted by molar-refractivity contribution is 5.81. The maximum atomic E-state index is 11.9. The fourth-order valence-electron chi connectivity index (χ4n) is 2.70. The van der Waals surface area contributed by atoms with Gasteiger partial charge in [0.2, 0.25) is 5.91 Å². The van der Waals surface area contributed by atoms with Gasteiger partial charge in [0, 0.05) is 12.6 Å². The molecule has 1 fully saturated rings. The summed E-state index contributed by atoms with van der Waals surface area (Å²) in [5, 5.41) is 6.45. The van der Waals surface area contributed by atoms with Gasteiger partial charge in [-0.15, -0.1) is 0 Å². The van der Waals surface area contributed by atoms with Gasteiger partial charge in [-0.25, -0.2) is 0 Å². The van der Waals surface area contributed by atoms with E-state index in [4.69, 9.17) is 0 Å². The second kappa shape index (κ2) is 7.78. The van der Waals surface area contributed by atoms with E-state index in [0.717, 1.165) is 12.5 Å². The van der Waals surface area contributed by atoms with Crippen molar-refractivity contribution in [2.45, 2.75) is 71.9 Å². The molecule has 0 aliphatic heterocycles. The lowest BCUT2D eigenvalue weighted by atomic mass is 9.84. The summed E-state index contributed by atoms with van der Waals surface area (Å²) >= 11 is 0. The first kappa shape index (κ1) is 15.5. The molecule has 1 aliphatic carbocycles. The quantitative estimate of drug-likeness (QED) is 0.765. The Kier molecular flexibility index (Phi) is 6.69. The average molecular weight is 254 g/mol. The molecule has 1 aliphatic rings. The molecule has 0 aromatic heterocycles. The summed E-state index contributed by atoms with van der Waals surface area (Å²) in [6, 6.07) is 0.366. The predicted octanol–water partition coefficient (Wildman–Crippen LogP) is 2.71. The highest BCUT2D eigenvalue weighted by atomic mass is 16.2. The van der Waals surface area contributed by atoms with Crippen LogP contribution in [0.4, 0.5) is 0 Å². The summed E-state index contributed by atoms with van der Waals surface area (Å²) in [4.78, 5) is 11.9. The van der Waals surface area contributed by atoms with E-state index in [1.165, 1.54) is 32.1 Å². The molecule has 1 saturated carbocycles. The minimum atomic E-state index is -0.0827. The van der Waals surface area contributed by atoms with Crippen molar-refractivity contribution in [3.05, 3.63) is 0 Å². The van der Waals surface area contributed by atoms with Crippen LogP contribution in [-0.4, -0.2) is 24.5 Å². The van der Waals surface area contributed by atoms with Gasteiger partial charge in [-0.05, 0) is 38.5 Å². The zero-order valence-corrected chi connectivity index (χ0v) is 12.5. The Hall–Kier alpha value is -0.570. The van der Waals surface area contributed by atoms with Gasteiger partial charge in [-0.3, -0.25) is 4.79 Å². The van der Waals surface area contributed by atoms with Crippen LogP contribution in [0.15, 0.2) is 0 Å². The van der Waals surface area contributed by atoms with Gasteiger partial charge in [0.05, 0.1) is 6.04 Å². The van der Waals surface area contributed by atoms with Crippen molar-refractivity contribution in [1.29, 1.82) is 0 Å². The first-order chi connectivity index (χ1) is 8.50. The van der Waals surface area contributed by atoms with Crippen LogP contribution in [-0.2, 0) is 4.79 Å². The van der Waals surface area contributed by atoms with Crippen LogP contribution in [0, 0.1) is 11.8 Å². The van der Waals surface area contributed by atoms with Gasteiger partial charge in [-0.2, -0.15) is 0 Å². The van der Waals surface area contributed by atoms with Crippen LogP contribution in [0.3, 0.4) is 0 Å². The van der Waals surface area contributed by atoms with Gasteiger partial charge in [-0.1, -0.05) is 33.1 Å². The molecule has 1 amide bonds. The SMILES string of the molecule is CC(C)CNC(=O)C(C)N[C@H](C)C1CCCCC1. The number of rotatable bonds is 6. The number of hydrogen-bond acceptors (Lipinski definition) is 2. The molecule has 2 N–H and O–H groups in total. The number of carbonyl (C=O) groups excluding carboxylic acids is 1. The minimum Gasteiger partial charge on any atom is -0.354 e. The van der Waals surface area contributed by atoms with Gasteiger partial charge in [0.25, 0.3) is 0 Å². The predicted molar refractivity (Wildman–Crippen MR) is 76.5 cm³/mol. The molecule has 0 bridgehead atoms. The highest BCUT2D eigenvalue weighted by Gasteiger charge is 2.23. The Morgan fingerprint density at radius 1 is 1.11 bits per heavy atom. The molecule has 106 valence electrons. The Morgan fingerprint density at radius 2 is 1.72 bits per heavy atom. The van der Waals surface area contributed by atoms with E-state index in [9.17, 15) is 4.79 Å². The maximum Gasteiger partial charge on any atom is 0.236 e. The third-order valence-corrected chi connectivity index (χ3v) is 3.95. The van der Waals surface area contributed by atoms with E-state index < -0.39 is 0 Å². The lowest BCUT2D eigenvalue weighted by Crippen LogP contribution is -2.48. The molecule has 3 nitrogen and oxygen atoms in total. The van der Waals surface area contributed by atoms with Crippen LogP contribution in [0.2, 0.25) is 0 Å². The lowest BCUT2D eigenvalue weighted by Gasteiger charge is -2.30. The van der Waals surface area contributed by atoms with E-state index >= 15 is 0 Å². The van der Waals surface area contributed by atoms with Crippen LogP contribution < -0.4 is 10.6 Å². The smallest absolute Gasteiger partial charge is 0.236 e. The van der Waals surface area contributed by atoms with Crippen molar-refractivity contribution < 1.29 is 4.79 Å². The molecule has 0 aromatic carbocycles. The molecule has 1 rings (SSSR count). The molecule has 0 saturated heterocycles. The van der Waals surface area contributed by atoms with Crippen LogP contribution >= 0.6 is 0 Å². The third-order valence-electron chi connectivity index (χ3n) is 3.95. The second-order valence-corrected chi connectivity index (χ2v) is 6.21. The first-order valence-corrected chi connectivity index (χ1v) is 7.54. The van der Waals surface area contributed by atoms with Gasteiger partial charge < -0.3 is 10.6 Å². The molecule has 0 radical (unpaired) electrons. The molecule has 1 unspecified atom stereocenters. The Balaban J connectivity index is 2.28. The number of carbonyl (C=O) groups is 1. The summed E-state index contributed by atoms with van der Waals surface area (Å²) in [5.41, 5.74) is 0. The lowest BCUT2D eigenvalue weighted by molar-refractivity contribution is -0.123. The maximum absolute atomic E-state index is 11.9. The monoisotopic (exact) mass is 254 g/mol. The van der Waals surface area contributed by atoms with Crippen LogP contribution in [0.25, 0.3) is 0 Å². The normalized spacial score (nSPS) is 20.7. The standard InChI is InChI=1S/C15H30N2O/c1-11(2)10-16-15(18)13(4)17-12(3)14-8-6-5-7-9-14/h11-14,17H,5-10H2,1-4H3,(H,16,18)/t12-,13?/m1/s1. The van der Waals surface area contributed by atoms with Crippen molar-refractivity contribution in [1.82, 2.24) is 10.6 Å². The zero-order valence-electron chi connectivity index (χ0n) is 12.5. The molecule has 0 aromatic rings. The molecular formula is C15H30N2O. The summed E-state index contributed by atoms with van der Waals surface area (Å²) in [6.07, 6.45) is 6.71. The molecular weight excluding hydrogens is 224 g/mol. The zero-order chi connectivity index (χ0) is 13.5. The van der Waals surface area contributed by atoms with Crippen molar-refractivity contribution in [3.8, 4) is 0 Å². The Bertz CT molecular complexity index is 247. The van der Waals surface area contributed by atoms with Gasteiger partial charge in [0.15, 0.2) is 0 Å². The first-order valence-electron chi connectivity index (χ1n) is 7.54. The number of amides is 1. The van der Waals surface area contributed by atoms with Gasteiger partial charge >= 0.3 is 0 Å². The molecule has 3 heteroatoms. The number of hydrogen-bond donors (Lipinski definition) is 2. The van der Waals surface area contributed by atoms with E-state index in [2.05, 4.69) is 31.4 Å². The Labute approximate surface area is 112 Å². The summed E-state index contributed by atoms with van der Waals surface area (Å²) in [7, 11) is 0. The summed E-state index contributed by atoms with van der Waals surface area (Å²) < 4.78 is 0. The molecule has 2 atom stereocenters. The second-order valence-electron chi connectivity index (χ2n) is 6.21. The summed E-state index contributed by atoms with van der Waals surface area (Å²) in [5.74, 6) is 1.39. The average Bonchev–Trinajstić information content (AvgIpc) is 2.36. The Morgan fingerprint density at radius 3 is 2.28 bits per heavy atom. The fraction of sp³-hybridized carbons (Fsp3) is 0.933. The minimum absolute atomic E-state index is 0.0827. The number of nitrogens with one attached hydrogen (secondary N) is 2. The van der Waals surface area contributed by atoms with E-state index in [-0.39, 0.29) is 11.9 Å². The van der Waals surface area contributed by atoms with Crippen molar-refractivity contribution in [2.24, 2.45) is 11.8 Å². The summed E-state index contributed by atoms with van der Waals surface area (Å²) in [6.45, 7) is 9.19. The molecule has 0 spiro atoms. The van der Waals surface area contributed by atoms with Gasteiger partial charge in [0.1, 0.15) is 0 Å². The van der Waals surface area contributed by atoms with Crippen LogP contribution in [0.1, 0.15) is 59.8 Å². The van der Waals surface area contributed by atoms with Crippen LogP contribution in [0.5, 0.6) is 0 Å². The highest BCUT2D eigenvalue weighted by Crippen LogP contribution is 2.26. The molecule has 18 heavy (non-hydrogen) atoms. The van der Waals surface area contributed by atoms with E-state index in [1.807, 2.05) is 6.92 Å². The fourth-order valence-corrected chi connectivity index (χ4v) is 2.70. The van der Waals surface area contributed by atoms with Crippen molar-refractivity contribution >= 4 is 5.91 Å².